The number of aryl methyl sites for hydroxylation is 2. The molecular formula is C27H29NO3. The summed E-state index contributed by atoms with van der Waals surface area (Å²) in [6.45, 7) is 0. The average Bonchev–Trinajstić information content (AvgIpc) is 2.82. The van der Waals surface area contributed by atoms with Crippen LogP contribution in [0, 0.1) is 5.92 Å². The van der Waals surface area contributed by atoms with Gasteiger partial charge in [-0.15, -0.1) is 0 Å². The van der Waals surface area contributed by atoms with Gasteiger partial charge >= 0.3 is 5.97 Å². The predicted octanol–water partition coefficient (Wildman–Crippen LogP) is 5.20. The lowest BCUT2D eigenvalue weighted by atomic mass is 9.92. The summed E-state index contributed by atoms with van der Waals surface area (Å²) in [4.78, 5) is 23.6. The summed E-state index contributed by atoms with van der Waals surface area (Å²) in [5, 5.41) is 0. The van der Waals surface area contributed by atoms with Gasteiger partial charge in [-0.05, 0) is 66.5 Å². The number of amides is 1. The molecule has 1 atom stereocenters. The van der Waals surface area contributed by atoms with Crippen LogP contribution in [0.1, 0.15) is 40.7 Å². The Morgan fingerprint density at radius 2 is 1.52 bits per heavy atom. The first-order valence-corrected chi connectivity index (χ1v) is 10.7. The molecule has 0 bridgehead atoms. The number of carbonyl (C=O) groups is 2. The molecule has 0 aliphatic heterocycles. The Morgan fingerprint density at radius 1 is 0.806 bits per heavy atom. The van der Waals surface area contributed by atoms with E-state index in [1.54, 1.807) is 12.1 Å². The topological polar surface area (TPSA) is 69.4 Å². The molecule has 0 radical (unpaired) electrons. The first-order valence-electron chi connectivity index (χ1n) is 10.7. The summed E-state index contributed by atoms with van der Waals surface area (Å²) >= 11 is 0. The van der Waals surface area contributed by atoms with E-state index in [-0.39, 0.29) is 11.9 Å². The van der Waals surface area contributed by atoms with Crippen LogP contribution in [0.4, 0.5) is 0 Å². The van der Waals surface area contributed by atoms with Crippen LogP contribution in [0.15, 0.2) is 78.9 Å². The third kappa shape index (κ3) is 6.54. The maximum Gasteiger partial charge on any atom is 0.308 e. The van der Waals surface area contributed by atoms with Crippen LogP contribution in [-0.4, -0.2) is 19.0 Å². The average molecular weight is 416 g/mol. The number of nitrogens with two attached hydrogens (primary N) is 1. The minimum absolute atomic E-state index is 0.0966. The third-order valence-electron chi connectivity index (χ3n) is 5.61. The molecule has 2 N–H and O–H groups in total. The summed E-state index contributed by atoms with van der Waals surface area (Å²) in [6, 6.07) is 25.9. The van der Waals surface area contributed by atoms with Gasteiger partial charge in [-0.2, -0.15) is 0 Å². The van der Waals surface area contributed by atoms with Crippen LogP contribution < -0.4 is 5.73 Å². The van der Waals surface area contributed by atoms with E-state index in [4.69, 9.17) is 10.5 Å². The molecule has 0 saturated heterocycles. The zero-order chi connectivity index (χ0) is 22.1. The van der Waals surface area contributed by atoms with Crippen molar-refractivity contribution in [2.75, 3.05) is 7.11 Å². The van der Waals surface area contributed by atoms with Crippen molar-refractivity contribution in [2.45, 2.75) is 32.1 Å². The Hall–Kier alpha value is -3.40. The second kappa shape index (κ2) is 11.1. The van der Waals surface area contributed by atoms with Crippen LogP contribution in [0.3, 0.4) is 0 Å². The van der Waals surface area contributed by atoms with E-state index in [0.29, 0.717) is 5.56 Å². The molecule has 0 aromatic heterocycles. The number of ether oxygens (including phenoxy) is 1. The summed E-state index contributed by atoms with van der Waals surface area (Å²) in [5.41, 5.74) is 10.3. The van der Waals surface area contributed by atoms with Crippen molar-refractivity contribution >= 4 is 11.9 Å². The monoisotopic (exact) mass is 415 g/mol. The van der Waals surface area contributed by atoms with Crippen molar-refractivity contribution in [2.24, 2.45) is 11.7 Å². The molecule has 1 unspecified atom stereocenters. The summed E-state index contributed by atoms with van der Waals surface area (Å²) in [5.74, 6) is -0.659. The van der Waals surface area contributed by atoms with Gasteiger partial charge in [0, 0.05) is 5.56 Å². The first-order chi connectivity index (χ1) is 15.1. The summed E-state index contributed by atoms with van der Waals surface area (Å²) in [6.07, 6.45) is 4.32. The smallest absolute Gasteiger partial charge is 0.308 e. The fourth-order valence-electron chi connectivity index (χ4n) is 3.80. The normalized spacial score (nSPS) is 11.6. The maximum absolute atomic E-state index is 12.2. The van der Waals surface area contributed by atoms with E-state index >= 15 is 0 Å². The molecule has 0 aliphatic carbocycles. The number of esters is 1. The Balaban J connectivity index is 1.57. The van der Waals surface area contributed by atoms with E-state index in [2.05, 4.69) is 24.3 Å². The van der Waals surface area contributed by atoms with Gasteiger partial charge in [-0.3, -0.25) is 9.59 Å². The molecule has 3 aromatic carbocycles. The van der Waals surface area contributed by atoms with Gasteiger partial charge in [-0.25, -0.2) is 0 Å². The third-order valence-corrected chi connectivity index (χ3v) is 5.61. The Bertz CT molecular complexity index is 997. The second-order valence-electron chi connectivity index (χ2n) is 7.78. The van der Waals surface area contributed by atoms with E-state index < -0.39 is 5.91 Å². The van der Waals surface area contributed by atoms with E-state index in [0.717, 1.165) is 43.2 Å². The highest BCUT2D eigenvalue weighted by atomic mass is 16.5. The molecular weight excluding hydrogens is 386 g/mol. The fourth-order valence-corrected chi connectivity index (χ4v) is 3.80. The number of carbonyl (C=O) groups excluding carboxylic acids is 2. The van der Waals surface area contributed by atoms with Gasteiger partial charge < -0.3 is 10.5 Å². The molecule has 4 heteroatoms. The zero-order valence-corrected chi connectivity index (χ0v) is 17.9. The van der Waals surface area contributed by atoms with Gasteiger partial charge in [0.25, 0.3) is 0 Å². The minimum Gasteiger partial charge on any atom is -0.469 e. The van der Waals surface area contributed by atoms with Crippen LogP contribution in [0.2, 0.25) is 0 Å². The lowest BCUT2D eigenvalue weighted by Gasteiger charge is -2.15. The van der Waals surface area contributed by atoms with Crippen LogP contribution >= 0.6 is 0 Å². The van der Waals surface area contributed by atoms with Crippen LogP contribution in [-0.2, 0) is 22.4 Å². The van der Waals surface area contributed by atoms with Gasteiger partial charge in [0.05, 0.1) is 13.0 Å². The molecule has 3 rings (SSSR count). The quantitative estimate of drug-likeness (QED) is 0.463. The molecule has 3 aromatic rings. The number of rotatable bonds is 10. The van der Waals surface area contributed by atoms with E-state index in [1.807, 2.05) is 42.5 Å². The largest absolute Gasteiger partial charge is 0.469 e. The lowest BCUT2D eigenvalue weighted by molar-refractivity contribution is -0.145. The highest BCUT2D eigenvalue weighted by Crippen LogP contribution is 2.23. The highest BCUT2D eigenvalue weighted by molar-refractivity contribution is 5.94. The maximum atomic E-state index is 12.2. The molecule has 160 valence electrons. The number of hydrogen-bond acceptors (Lipinski definition) is 3. The van der Waals surface area contributed by atoms with E-state index in [1.165, 1.54) is 18.2 Å². The number of benzene rings is 3. The van der Waals surface area contributed by atoms with Crippen molar-refractivity contribution in [3.05, 3.63) is 95.6 Å². The van der Waals surface area contributed by atoms with Crippen molar-refractivity contribution in [3.8, 4) is 11.1 Å². The van der Waals surface area contributed by atoms with Crippen LogP contribution in [0.5, 0.6) is 0 Å². The molecule has 0 aliphatic rings. The molecule has 0 heterocycles. The summed E-state index contributed by atoms with van der Waals surface area (Å²) in [7, 11) is 1.46. The number of primary amides is 1. The highest BCUT2D eigenvalue weighted by Gasteiger charge is 2.18. The van der Waals surface area contributed by atoms with Crippen molar-refractivity contribution in [1.82, 2.24) is 0 Å². The molecule has 31 heavy (non-hydrogen) atoms. The Morgan fingerprint density at radius 3 is 2.19 bits per heavy atom. The molecule has 4 nitrogen and oxygen atoms in total. The molecule has 1 amide bonds. The van der Waals surface area contributed by atoms with Crippen molar-refractivity contribution < 1.29 is 14.3 Å². The molecule has 0 saturated carbocycles. The SMILES string of the molecule is COC(=O)C(CCCc1ccccc1)CCc1ccc(-c2cccc(C(N)=O)c2)cc1. The number of hydrogen-bond donors (Lipinski definition) is 1. The number of methoxy groups -OCH3 is 1. The summed E-state index contributed by atoms with van der Waals surface area (Å²) < 4.78 is 5.03. The fraction of sp³-hybridized carbons (Fsp3) is 0.259. The molecule has 0 fully saturated rings. The minimum atomic E-state index is -0.431. The molecule has 0 spiro atoms. The van der Waals surface area contributed by atoms with Gasteiger partial charge in [-0.1, -0.05) is 66.7 Å². The predicted molar refractivity (Wildman–Crippen MR) is 124 cm³/mol. The standard InChI is InChI=1S/C27H29NO3/c1-31-27(30)23(10-5-9-20-7-3-2-4-8-20)18-15-21-13-16-22(17-14-21)24-11-6-12-25(19-24)26(28)29/h2-4,6-8,11-14,16-17,19,23H,5,9-10,15,18H2,1H3,(H2,28,29). The Labute approximate surface area is 184 Å². The first kappa shape index (κ1) is 22.3. The van der Waals surface area contributed by atoms with Crippen molar-refractivity contribution in [3.63, 3.8) is 0 Å². The second-order valence-corrected chi connectivity index (χ2v) is 7.78. The van der Waals surface area contributed by atoms with Gasteiger partial charge in [0.2, 0.25) is 5.91 Å². The van der Waals surface area contributed by atoms with Crippen LogP contribution in [0.25, 0.3) is 11.1 Å². The lowest BCUT2D eigenvalue weighted by Crippen LogP contribution is -2.17. The van der Waals surface area contributed by atoms with E-state index in [9.17, 15) is 9.59 Å². The Kier molecular flexibility index (Phi) is 7.99. The van der Waals surface area contributed by atoms with Gasteiger partial charge in [0.1, 0.15) is 0 Å². The van der Waals surface area contributed by atoms with Crippen molar-refractivity contribution in [1.29, 1.82) is 0 Å². The zero-order valence-electron chi connectivity index (χ0n) is 17.9. The van der Waals surface area contributed by atoms with Gasteiger partial charge in [0.15, 0.2) is 0 Å².